The number of ether oxygens (including phenoxy) is 1. The Labute approximate surface area is 95.0 Å². The van der Waals surface area contributed by atoms with Crippen LogP contribution < -0.4 is 10.5 Å². The molecule has 0 aliphatic carbocycles. The number of hydrogen-bond donors (Lipinski definition) is 2. The number of rotatable bonds is 4. The molecular weight excluding hydrogens is 206 g/mol. The lowest BCUT2D eigenvalue weighted by Crippen LogP contribution is -2.27. The molecule has 0 unspecified atom stereocenters. The van der Waals surface area contributed by atoms with Crippen molar-refractivity contribution in [1.29, 1.82) is 0 Å². The summed E-state index contributed by atoms with van der Waals surface area (Å²) in [6.07, 6.45) is 0.840. The number of hydrogen-bond acceptors (Lipinski definition) is 3. The second-order valence-corrected chi connectivity index (χ2v) is 4.27. The van der Waals surface area contributed by atoms with Crippen LogP contribution in [0.25, 0.3) is 0 Å². The van der Waals surface area contributed by atoms with Crippen LogP contribution in [0.5, 0.6) is 5.75 Å². The molecule has 0 bridgehead atoms. The molecule has 88 valence electrons. The molecular formula is C12H17NO3. The van der Waals surface area contributed by atoms with Gasteiger partial charge in [-0.3, -0.25) is 0 Å². The van der Waals surface area contributed by atoms with Crippen LogP contribution in [0.15, 0.2) is 18.2 Å². The van der Waals surface area contributed by atoms with Crippen molar-refractivity contribution in [3.05, 3.63) is 23.8 Å². The topological polar surface area (TPSA) is 72.5 Å². The van der Waals surface area contributed by atoms with Crippen LogP contribution >= 0.6 is 0 Å². The van der Waals surface area contributed by atoms with Gasteiger partial charge >= 0.3 is 5.97 Å². The average Bonchev–Trinajstić information content (AvgIpc) is 2.20. The van der Waals surface area contributed by atoms with Gasteiger partial charge in [0.05, 0.1) is 11.3 Å². The Morgan fingerprint density at radius 2 is 2.12 bits per heavy atom. The van der Waals surface area contributed by atoms with E-state index in [2.05, 4.69) is 0 Å². The van der Waals surface area contributed by atoms with Crippen molar-refractivity contribution in [1.82, 2.24) is 0 Å². The van der Waals surface area contributed by atoms with Crippen LogP contribution in [0, 0.1) is 0 Å². The molecule has 0 amide bonds. The quantitative estimate of drug-likeness (QED) is 0.769. The van der Waals surface area contributed by atoms with Gasteiger partial charge < -0.3 is 15.6 Å². The Kier molecular flexibility index (Phi) is 3.42. The van der Waals surface area contributed by atoms with Crippen LogP contribution in [0.2, 0.25) is 0 Å². The molecule has 1 aromatic rings. The van der Waals surface area contributed by atoms with E-state index in [1.807, 2.05) is 20.8 Å². The molecule has 1 aromatic carbocycles. The molecule has 0 heterocycles. The summed E-state index contributed by atoms with van der Waals surface area (Å²) in [7, 11) is 0. The van der Waals surface area contributed by atoms with Crippen molar-refractivity contribution in [3.63, 3.8) is 0 Å². The Balaban J connectivity index is 2.96. The fourth-order valence-electron chi connectivity index (χ4n) is 1.14. The molecule has 0 aromatic heterocycles. The van der Waals surface area contributed by atoms with Gasteiger partial charge in [0.25, 0.3) is 0 Å². The van der Waals surface area contributed by atoms with E-state index in [9.17, 15) is 4.79 Å². The zero-order valence-corrected chi connectivity index (χ0v) is 9.78. The number of carbonyl (C=O) groups is 1. The summed E-state index contributed by atoms with van der Waals surface area (Å²) in [5.41, 5.74) is 5.94. The minimum absolute atomic E-state index is 0.166. The van der Waals surface area contributed by atoms with E-state index in [-0.39, 0.29) is 11.2 Å². The van der Waals surface area contributed by atoms with Gasteiger partial charge in [0, 0.05) is 0 Å². The van der Waals surface area contributed by atoms with E-state index in [4.69, 9.17) is 15.6 Å². The molecule has 0 fully saturated rings. The van der Waals surface area contributed by atoms with Crippen molar-refractivity contribution >= 4 is 11.7 Å². The number of anilines is 1. The lowest BCUT2D eigenvalue weighted by molar-refractivity contribution is 0.0697. The number of nitrogen functional groups attached to an aromatic ring is 1. The maximum absolute atomic E-state index is 10.7. The summed E-state index contributed by atoms with van der Waals surface area (Å²) >= 11 is 0. The summed E-state index contributed by atoms with van der Waals surface area (Å²) in [5.74, 6) is -0.468. The van der Waals surface area contributed by atoms with Crippen LogP contribution in [-0.4, -0.2) is 16.7 Å². The second kappa shape index (κ2) is 4.43. The number of aromatic carboxylic acids is 1. The summed E-state index contributed by atoms with van der Waals surface area (Å²) in [6, 6.07) is 4.49. The second-order valence-electron chi connectivity index (χ2n) is 4.27. The summed E-state index contributed by atoms with van der Waals surface area (Å²) in [5, 5.41) is 8.78. The first-order valence-electron chi connectivity index (χ1n) is 5.17. The minimum atomic E-state index is -0.993. The predicted octanol–water partition coefficient (Wildman–Crippen LogP) is 2.53. The van der Waals surface area contributed by atoms with E-state index < -0.39 is 5.97 Å². The Morgan fingerprint density at radius 3 is 2.56 bits per heavy atom. The van der Waals surface area contributed by atoms with Gasteiger partial charge in [0.15, 0.2) is 0 Å². The fourth-order valence-corrected chi connectivity index (χ4v) is 1.14. The van der Waals surface area contributed by atoms with Gasteiger partial charge in [-0.25, -0.2) is 4.79 Å². The van der Waals surface area contributed by atoms with Gasteiger partial charge in [-0.05, 0) is 38.5 Å². The first-order valence-corrected chi connectivity index (χ1v) is 5.17. The van der Waals surface area contributed by atoms with Gasteiger partial charge in [-0.15, -0.1) is 0 Å². The number of carboxylic acid groups (broad SMARTS) is 1. The zero-order chi connectivity index (χ0) is 12.3. The highest BCUT2D eigenvalue weighted by Gasteiger charge is 2.18. The lowest BCUT2D eigenvalue weighted by Gasteiger charge is -2.25. The van der Waals surface area contributed by atoms with E-state index in [0.717, 1.165) is 6.42 Å². The fraction of sp³-hybridized carbons (Fsp3) is 0.417. The molecule has 0 saturated heterocycles. The van der Waals surface area contributed by atoms with Gasteiger partial charge in [0.1, 0.15) is 11.4 Å². The predicted molar refractivity (Wildman–Crippen MR) is 62.8 cm³/mol. The highest BCUT2D eigenvalue weighted by molar-refractivity contribution is 5.89. The summed E-state index contributed by atoms with van der Waals surface area (Å²) < 4.78 is 5.70. The number of benzene rings is 1. The standard InChI is InChI=1S/C12H17NO3/c1-4-12(2,3)16-10-6-5-8(11(14)15)7-9(10)13/h5-7H,4,13H2,1-3H3,(H,14,15). The summed E-state index contributed by atoms with van der Waals surface area (Å²) in [6.45, 7) is 5.93. The van der Waals surface area contributed by atoms with Crippen LogP contribution in [0.3, 0.4) is 0 Å². The monoisotopic (exact) mass is 223 g/mol. The van der Waals surface area contributed by atoms with Gasteiger partial charge in [-0.1, -0.05) is 6.92 Å². The largest absolute Gasteiger partial charge is 0.486 e. The Morgan fingerprint density at radius 1 is 1.50 bits per heavy atom. The molecule has 1 rings (SSSR count). The normalized spacial score (nSPS) is 11.2. The number of carboxylic acids is 1. The molecule has 0 aliphatic rings. The minimum Gasteiger partial charge on any atom is -0.486 e. The summed E-state index contributed by atoms with van der Waals surface area (Å²) in [4.78, 5) is 10.7. The average molecular weight is 223 g/mol. The van der Waals surface area contributed by atoms with Crippen molar-refractivity contribution in [2.45, 2.75) is 32.8 Å². The molecule has 3 N–H and O–H groups in total. The first kappa shape index (κ1) is 12.4. The van der Waals surface area contributed by atoms with Crippen LogP contribution in [-0.2, 0) is 0 Å². The Bertz CT molecular complexity index is 399. The molecule has 0 spiro atoms. The lowest BCUT2D eigenvalue weighted by atomic mass is 10.1. The molecule has 0 atom stereocenters. The van der Waals surface area contributed by atoms with Crippen LogP contribution in [0.4, 0.5) is 5.69 Å². The maximum atomic E-state index is 10.7. The first-order chi connectivity index (χ1) is 7.35. The van der Waals surface area contributed by atoms with E-state index >= 15 is 0 Å². The third-order valence-corrected chi connectivity index (χ3v) is 2.49. The van der Waals surface area contributed by atoms with Crippen molar-refractivity contribution in [3.8, 4) is 5.75 Å². The third-order valence-electron chi connectivity index (χ3n) is 2.49. The van der Waals surface area contributed by atoms with Gasteiger partial charge in [-0.2, -0.15) is 0 Å². The molecule has 4 heteroatoms. The SMILES string of the molecule is CCC(C)(C)Oc1ccc(C(=O)O)cc1N. The van der Waals surface area contributed by atoms with Gasteiger partial charge in [0.2, 0.25) is 0 Å². The molecule has 0 radical (unpaired) electrons. The van der Waals surface area contributed by atoms with Crippen molar-refractivity contribution in [2.75, 3.05) is 5.73 Å². The smallest absolute Gasteiger partial charge is 0.335 e. The molecule has 0 aliphatic heterocycles. The van der Waals surface area contributed by atoms with E-state index in [1.54, 1.807) is 6.07 Å². The van der Waals surface area contributed by atoms with Crippen molar-refractivity contribution < 1.29 is 14.6 Å². The highest BCUT2D eigenvalue weighted by Crippen LogP contribution is 2.27. The number of nitrogens with two attached hydrogens (primary N) is 1. The maximum Gasteiger partial charge on any atom is 0.335 e. The highest BCUT2D eigenvalue weighted by atomic mass is 16.5. The molecule has 16 heavy (non-hydrogen) atoms. The van der Waals surface area contributed by atoms with E-state index in [1.165, 1.54) is 12.1 Å². The van der Waals surface area contributed by atoms with E-state index in [0.29, 0.717) is 11.4 Å². The third kappa shape index (κ3) is 2.89. The molecule has 0 saturated carbocycles. The van der Waals surface area contributed by atoms with Crippen molar-refractivity contribution in [2.24, 2.45) is 0 Å². The Hall–Kier alpha value is -1.71. The zero-order valence-electron chi connectivity index (χ0n) is 9.78. The molecule has 4 nitrogen and oxygen atoms in total. The van der Waals surface area contributed by atoms with Crippen LogP contribution in [0.1, 0.15) is 37.6 Å².